The smallest absolute Gasteiger partial charge is 0.348 e. The number of benzene rings is 1. The van der Waals surface area contributed by atoms with E-state index in [1.807, 2.05) is 38.1 Å². The maximum atomic E-state index is 15.3. The van der Waals surface area contributed by atoms with Gasteiger partial charge in [0.2, 0.25) is 0 Å². The van der Waals surface area contributed by atoms with Crippen molar-refractivity contribution in [2.24, 2.45) is 4.99 Å². The number of aromatic amines is 1. The quantitative estimate of drug-likeness (QED) is 0.313. The maximum absolute atomic E-state index is 15.3. The Kier molecular flexibility index (Phi) is 7.98. The van der Waals surface area contributed by atoms with Gasteiger partial charge in [-0.2, -0.15) is 0 Å². The third-order valence-corrected chi connectivity index (χ3v) is 5.63. The van der Waals surface area contributed by atoms with Gasteiger partial charge in [-0.15, -0.1) is 0 Å². The van der Waals surface area contributed by atoms with Crippen LogP contribution in [0.4, 0.5) is 4.39 Å². The van der Waals surface area contributed by atoms with Crippen molar-refractivity contribution in [1.82, 2.24) is 15.5 Å². The van der Waals surface area contributed by atoms with Gasteiger partial charge in [-0.3, -0.25) is 14.5 Å². The Bertz CT molecular complexity index is 1210. The van der Waals surface area contributed by atoms with Gasteiger partial charge < -0.3 is 5.32 Å². The lowest BCUT2D eigenvalue weighted by molar-refractivity contribution is 0.385. The number of hydrogen-bond donors (Lipinski definition) is 2. The molecular weight excluding hydrogens is 419 g/mol. The molecule has 33 heavy (non-hydrogen) atoms. The molecular formula is C26H31FN4O2. The van der Waals surface area contributed by atoms with Crippen LogP contribution in [0.1, 0.15) is 63.4 Å². The molecule has 0 radical (unpaired) electrons. The molecule has 0 atom stereocenters. The third kappa shape index (κ3) is 5.86. The van der Waals surface area contributed by atoms with Crippen LogP contribution in [0.15, 0.2) is 68.1 Å². The summed E-state index contributed by atoms with van der Waals surface area (Å²) in [6.45, 7) is 10.1. The number of amidine groups is 1. The first-order valence-electron chi connectivity index (χ1n) is 11.2. The number of aromatic nitrogens is 2. The minimum absolute atomic E-state index is 0.289. The first-order chi connectivity index (χ1) is 15.8. The summed E-state index contributed by atoms with van der Waals surface area (Å²) >= 11 is 0. The topological polar surface area (TPSA) is 83.3 Å². The van der Waals surface area contributed by atoms with Crippen LogP contribution in [0.2, 0.25) is 0 Å². The van der Waals surface area contributed by atoms with E-state index < -0.39 is 5.76 Å². The molecule has 0 saturated carbocycles. The Morgan fingerprint density at radius 2 is 2.00 bits per heavy atom. The Morgan fingerprint density at radius 1 is 1.27 bits per heavy atom. The van der Waals surface area contributed by atoms with E-state index in [9.17, 15) is 4.79 Å². The molecule has 1 aromatic carbocycles. The van der Waals surface area contributed by atoms with Crippen molar-refractivity contribution in [3.8, 4) is 0 Å². The molecule has 3 rings (SSSR count). The maximum Gasteiger partial charge on any atom is 0.439 e. The van der Waals surface area contributed by atoms with E-state index >= 15 is 4.39 Å². The molecule has 0 spiro atoms. The van der Waals surface area contributed by atoms with E-state index in [0.717, 1.165) is 65.1 Å². The Balaban J connectivity index is 1.94. The van der Waals surface area contributed by atoms with Crippen LogP contribution in [0.5, 0.6) is 0 Å². The molecule has 1 aliphatic rings. The Hall–Kier alpha value is -3.48. The van der Waals surface area contributed by atoms with E-state index in [0.29, 0.717) is 17.8 Å². The highest BCUT2D eigenvalue weighted by Crippen LogP contribution is 2.34. The summed E-state index contributed by atoms with van der Waals surface area (Å²) in [7, 11) is 1.74. The summed E-state index contributed by atoms with van der Waals surface area (Å²) in [5, 5.41) is 7.17. The van der Waals surface area contributed by atoms with Gasteiger partial charge in [0.25, 0.3) is 0 Å². The second-order valence-corrected chi connectivity index (χ2v) is 8.16. The van der Waals surface area contributed by atoms with Crippen molar-refractivity contribution >= 4 is 17.0 Å². The van der Waals surface area contributed by atoms with E-state index in [4.69, 9.17) is 0 Å². The molecule has 0 saturated heterocycles. The molecule has 0 unspecified atom stereocenters. The van der Waals surface area contributed by atoms with E-state index in [2.05, 4.69) is 38.5 Å². The molecule has 6 nitrogen and oxygen atoms in total. The van der Waals surface area contributed by atoms with Gasteiger partial charge in [0, 0.05) is 24.7 Å². The zero-order chi connectivity index (χ0) is 24.0. The van der Waals surface area contributed by atoms with Crippen LogP contribution in [0.25, 0.3) is 11.1 Å². The lowest BCUT2D eigenvalue weighted by Crippen LogP contribution is -2.22. The molecule has 1 aliphatic carbocycles. The molecule has 2 N–H and O–H groups in total. The Morgan fingerprint density at radius 3 is 2.58 bits per heavy atom. The normalized spacial score (nSPS) is 15.0. The molecule has 0 fully saturated rings. The minimum Gasteiger partial charge on any atom is -0.348 e. The second kappa shape index (κ2) is 10.9. The number of allylic oxidation sites excluding steroid dienone is 7. The van der Waals surface area contributed by atoms with Crippen LogP contribution in [-0.4, -0.2) is 23.0 Å². The van der Waals surface area contributed by atoms with Crippen molar-refractivity contribution in [3.05, 3.63) is 87.1 Å². The van der Waals surface area contributed by atoms with Gasteiger partial charge in [-0.1, -0.05) is 54.9 Å². The predicted molar refractivity (Wildman–Crippen MR) is 131 cm³/mol. The summed E-state index contributed by atoms with van der Waals surface area (Å²) in [6.07, 6.45) is 7.87. The summed E-state index contributed by atoms with van der Waals surface area (Å²) in [4.78, 5) is 18.2. The summed E-state index contributed by atoms with van der Waals surface area (Å²) < 4.78 is 20.0. The first-order valence-corrected chi connectivity index (χ1v) is 11.2. The van der Waals surface area contributed by atoms with Crippen molar-refractivity contribution in [2.45, 2.75) is 52.9 Å². The molecule has 0 bridgehead atoms. The first kappa shape index (κ1) is 24.2. The van der Waals surface area contributed by atoms with Crippen LogP contribution in [0.3, 0.4) is 0 Å². The zero-order valence-corrected chi connectivity index (χ0v) is 19.7. The van der Waals surface area contributed by atoms with Gasteiger partial charge in [-0.25, -0.2) is 9.18 Å². The standard InChI is InChI=1S/C26H31FN4O2/c1-6-9-24(29-17(4)28-5)22(16(2)3)14-19-13-12-18(15-23(19)27)20-10-7-8-11-21(20)25-30-26(32)33-31-25/h10-13,15H,2,6-9,14H2,1,3-5H3,(H,28,29)(H,30,31,32)/b24-22-. The number of H-pyrrole nitrogens is 1. The number of rotatable bonds is 8. The highest BCUT2D eigenvalue weighted by Gasteiger charge is 2.19. The fraction of sp³-hybridized carbons (Fsp3) is 0.346. The molecule has 1 heterocycles. The van der Waals surface area contributed by atoms with Gasteiger partial charge >= 0.3 is 5.76 Å². The summed E-state index contributed by atoms with van der Waals surface area (Å²) in [5.41, 5.74) is 5.80. The number of halogens is 1. The lowest BCUT2D eigenvalue weighted by Gasteiger charge is -2.19. The van der Waals surface area contributed by atoms with E-state index in [1.54, 1.807) is 13.1 Å². The van der Waals surface area contributed by atoms with Gasteiger partial charge in [0.15, 0.2) is 5.82 Å². The van der Waals surface area contributed by atoms with Gasteiger partial charge in [0.1, 0.15) is 5.82 Å². The number of nitrogens with zero attached hydrogens (tertiary/aromatic N) is 2. The van der Waals surface area contributed by atoms with Crippen molar-refractivity contribution < 1.29 is 8.91 Å². The lowest BCUT2D eigenvalue weighted by atomic mass is 9.89. The zero-order valence-electron chi connectivity index (χ0n) is 19.7. The number of hydrogen-bond acceptors (Lipinski definition) is 4. The molecule has 0 amide bonds. The summed E-state index contributed by atoms with van der Waals surface area (Å²) in [6, 6.07) is 5.26. The van der Waals surface area contributed by atoms with Crippen molar-refractivity contribution in [2.75, 3.05) is 7.05 Å². The highest BCUT2D eigenvalue weighted by molar-refractivity contribution is 6.04. The largest absolute Gasteiger partial charge is 0.439 e. The van der Waals surface area contributed by atoms with Gasteiger partial charge in [0.05, 0.1) is 5.84 Å². The fourth-order valence-electron chi connectivity index (χ4n) is 3.90. The van der Waals surface area contributed by atoms with Crippen LogP contribution in [0, 0.1) is 5.82 Å². The fourth-order valence-corrected chi connectivity index (χ4v) is 3.90. The molecule has 0 aliphatic heterocycles. The van der Waals surface area contributed by atoms with Gasteiger partial charge in [-0.05, 0) is 61.4 Å². The SMILES string of the molecule is C=C(C)/C(Cc1ccc(C2=CCCC=C2c2noc(=O)[nH]2)cc1F)=C(/CCC)NC(C)=NC. The monoisotopic (exact) mass is 450 g/mol. The highest BCUT2D eigenvalue weighted by atomic mass is 19.1. The average Bonchev–Trinajstić information content (AvgIpc) is 3.23. The number of aliphatic imine (C=N–C) groups is 1. The molecule has 174 valence electrons. The average molecular weight is 451 g/mol. The van der Waals surface area contributed by atoms with Crippen LogP contribution in [-0.2, 0) is 6.42 Å². The minimum atomic E-state index is -0.615. The summed E-state index contributed by atoms with van der Waals surface area (Å²) in [5.74, 6) is 0.257. The van der Waals surface area contributed by atoms with Crippen LogP contribution >= 0.6 is 0 Å². The third-order valence-electron chi connectivity index (χ3n) is 5.63. The molecule has 7 heteroatoms. The van der Waals surface area contributed by atoms with Crippen molar-refractivity contribution in [1.29, 1.82) is 0 Å². The second-order valence-electron chi connectivity index (χ2n) is 8.16. The Labute approximate surface area is 193 Å². The molecule has 1 aromatic heterocycles. The van der Waals surface area contributed by atoms with Crippen molar-refractivity contribution in [3.63, 3.8) is 0 Å². The van der Waals surface area contributed by atoms with Crippen LogP contribution < -0.4 is 11.1 Å². The van der Waals surface area contributed by atoms with E-state index in [-0.39, 0.29) is 5.82 Å². The number of nitrogens with one attached hydrogen (secondary N) is 2. The predicted octanol–water partition coefficient (Wildman–Crippen LogP) is 5.57. The van der Waals surface area contributed by atoms with E-state index in [1.165, 1.54) is 0 Å². The molecule has 2 aromatic rings.